The first-order valence-corrected chi connectivity index (χ1v) is 8.72. The maximum Gasteiger partial charge on any atom is 0.162 e. The molecular weight excluding hydrogens is 278 g/mol. The molecule has 2 heterocycles. The van der Waals surface area contributed by atoms with Gasteiger partial charge in [0, 0.05) is 5.54 Å². The predicted octanol–water partition coefficient (Wildman–Crippen LogP) is 1.12. The fourth-order valence-electron chi connectivity index (χ4n) is 2.86. The van der Waals surface area contributed by atoms with Crippen molar-refractivity contribution < 1.29 is 17.9 Å². The van der Waals surface area contributed by atoms with E-state index in [9.17, 15) is 8.42 Å². The molecule has 20 heavy (non-hydrogen) atoms. The van der Waals surface area contributed by atoms with Gasteiger partial charge in [-0.15, -0.1) is 0 Å². The number of sulfone groups is 1. The van der Waals surface area contributed by atoms with E-state index < -0.39 is 19.8 Å². The number of rotatable bonds is 2. The van der Waals surface area contributed by atoms with Crippen LogP contribution in [0.15, 0.2) is 0 Å². The van der Waals surface area contributed by atoms with Crippen LogP contribution >= 0.6 is 0 Å². The van der Waals surface area contributed by atoms with Gasteiger partial charge in [-0.1, -0.05) is 0 Å². The van der Waals surface area contributed by atoms with Gasteiger partial charge in [-0.25, -0.2) is 8.42 Å². The summed E-state index contributed by atoms with van der Waals surface area (Å²) in [7, 11) is -3.28. The minimum atomic E-state index is -3.28. The monoisotopic (exact) mass is 305 g/mol. The van der Waals surface area contributed by atoms with Crippen LogP contribution in [-0.2, 0) is 19.3 Å². The first-order chi connectivity index (χ1) is 8.93. The van der Waals surface area contributed by atoms with E-state index in [-0.39, 0.29) is 30.4 Å². The lowest BCUT2D eigenvalue weighted by molar-refractivity contribution is 0.0659. The van der Waals surface area contributed by atoms with Crippen molar-refractivity contribution in [3.05, 3.63) is 0 Å². The Morgan fingerprint density at radius 3 is 2.00 bits per heavy atom. The Morgan fingerprint density at radius 2 is 1.50 bits per heavy atom. The molecular formula is C14H27NO4S. The average molecular weight is 305 g/mol. The first kappa shape index (κ1) is 16.2. The topological polar surface area (TPSA) is 64.6 Å². The molecule has 0 amide bonds. The van der Waals surface area contributed by atoms with Gasteiger partial charge in [-0.3, -0.25) is 0 Å². The Labute approximate surface area is 122 Å². The van der Waals surface area contributed by atoms with Crippen molar-refractivity contribution in [2.45, 2.75) is 75.3 Å². The molecule has 0 saturated carbocycles. The molecule has 5 nitrogen and oxygen atoms in total. The van der Waals surface area contributed by atoms with Gasteiger partial charge in [0.1, 0.15) is 17.5 Å². The van der Waals surface area contributed by atoms with E-state index in [1.54, 1.807) is 20.8 Å². The summed E-state index contributed by atoms with van der Waals surface area (Å²) in [6.45, 7) is 12.2. The SMILES string of the molecule is CC(C)(C)NC1COC2C1OCC2S(=O)(=O)C(C)(C)C. The van der Waals surface area contributed by atoms with Gasteiger partial charge in [0.15, 0.2) is 9.84 Å². The molecule has 2 saturated heterocycles. The summed E-state index contributed by atoms with van der Waals surface area (Å²) < 4.78 is 36.0. The third-order valence-electron chi connectivity index (χ3n) is 3.88. The van der Waals surface area contributed by atoms with E-state index in [0.29, 0.717) is 6.61 Å². The smallest absolute Gasteiger partial charge is 0.162 e. The van der Waals surface area contributed by atoms with E-state index in [2.05, 4.69) is 26.1 Å². The van der Waals surface area contributed by atoms with Gasteiger partial charge in [0.2, 0.25) is 0 Å². The van der Waals surface area contributed by atoms with Crippen molar-refractivity contribution in [2.75, 3.05) is 13.2 Å². The number of nitrogens with one attached hydrogen (secondary N) is 1. The van der Waals surface area contributed by atoms with Crippen LogP contribution in [0.5, 0.6) is 0 Å². The van der Waals surface area contributed by atoms with Crippen LogP contribution in [0.2, 0.25) is 0 Å². The molecule has 1 N–H and O–H groups in total. The number of fused-ring (bicyclic) bond motifs is 1. The van der Waals surface area contributed by atoms with Gasteiger partial charge in [-0.05, 0) is 41.5 Å². The van der Waals surface area contributed by atoms with Gasteiger partial charge in [0.25, 0.3) is 0 Å². The second-order valence-corrected chi connectivity index (χ2v) is 10.7. The highest BCUT2D eigenvalue weighted by molar-refractivity contribution is 7.93. The zero-order valence-corrected chi connectivity index (χ0v) is 14.1. The lowest BCUT2D eigenvalue weighted by Gasteiger charge is -2.28. The molecule has 118 valence electrons. The fraction of sp³-hybridized carbons (Fsp3) is 1.00. The van der Waals surface area contributed by atoms with Crippen LogP contribution in [0.4, 0.5) is 0 Å². The molecule has 0 aromatic carbocycles. The third kappa shape index (κ3) is 2.89. The molecule has 2 aliphatic rings. The minimum Gasteiger partial charge on any atom is -0.372 e. The van der Waals surface area contributed by atoms with Crippen LogP contribution in [-0.4, -0.2) is 55.4 Å². The van der Waals surface area contributed by atoms with Crippen LogP contribution in [0.25, 0.3) is 0 Å². The standard InChI is InChI=1S/C14H27NO4S/c1-13(2,3)15-9-7-18-12-10(8-19-11(9)12)20(16,17)14(4,5)6/h9-12,15H,7-8H2,1-6H3. The number of hydrogen-bond acceptors (Lipinski definition) is 5. The summed E-state index contributed by atoms with van der Waals surface area (Å²) >= 11 is 0. The molecule has 2 fully saturated rings. The van der Waals surface area contributed by atoms with Crippen molar-refractivity contribution in [1.29, 1.82) is 0 Å². The molecule has 0 aromatic rings. The van der Waals surface area contributed by atoms with E-state index in [0.717, 1.165) is 0 Å². The average Bonchev–Trinajstić information content (AvgIpc) is 2.77. The van der Waals surface area contributed by atoms with Gasteiger partial charge in [-0.2, -0.15) is 0 Å². The molecule has 0 aliphatic carbocycles. The molecule has 0 bridgehead atoms. The summed E-state index contributed by atoms with van der Waals surface area (Å²) in [6.07, 6.45) is -0.518. The fourth-order valence-corrected chi connectivity index (χ4v) is 4.62. The lowest BCUT2D eigenvalue weighted by atomic mass is 10.0. The predicted molar refractivity (Wildman–Crippen MR) is 78.6 cm³/mol. The zero-order chi connectivity index (χ0) is 15.3. The van der Waals surface area contributed by atoms with Crippen LogP contribution in [0.3, 0.4) is 0 Å². The summed E-state index contributed by atoms with van der Waals surface area (Å²) in [4.78, 5) is 0. The highest BCUT2D eigenvalue weighted by Gasteiger charge is 2.55. The molecule has 6 heteroatoms. The molecule has 4 atom stereocenters. The molecule has 2 aliphatic heterocycles. The molecule has 0 radical (unpaired) electrons. The van der Waals surface area contributed by atoms with Crippen molar-refractivity contribution in [3.8, 4) is 0 Å². The summed E-state index contributed by atoms with van der Waals surface area (Å²) in [5.74, 6) is 0. The molecule has 0 spiro atoms. The maximum atomic E-state index is 12.6. The second kappa shape index (κ2) is 4.93. The summed E-state index contributed by atoms with van der Waals surface area (Å²) in [5.41, 5.74) is -0.0483. The largest absolute Gasteiger partial charge is 0.372 e. The van der Waals surface area contributed by atoms with Crippen LogP contribution in [0, 0.1) is 0 Å². The van der Waals surface area contributed by atoms with Crippen molar-refractivity contribution in [1.82, 2.24) is 5.32 Å². The van der Waals surface area contributed by atoms with Gasteiger partial charge < -0.3 is 14.8 Å². The maximum absolute atomic E-state index is 12.6. The summed E-state index contributed by atoms with van der Waals surface area (Å²) in [5, 5.41) is 2.90. The minimum absolute atomic E-state index is 0.0483. The third-order valence-corrected chi connectivity index (χ3v) is 6.79. The summed E-state index contributed by atoms with van der Waals surface area (Å²) in [6, 6.07) is 0.0557. The molecule has 2 rings (SSSR count). The normalized spacial score (nSPS) is 35.3. The van der Waals surface area contributed by atoms with Crippen molar-refractivity contribution >= 4 is 9.84 Å². The van der Waals surface area contributed by atoms with E-state index in [1.807, 2.05) is 0 Å². The lowest BCUT2D eigenvalue weighted by Crippen LogP contribution is -2.50. The first-order valence-electron chi connectivity index (χ1n) is 7.18. The number of ether oxygens (including phenoxy) is 2. The van der Waals surface area contributed by atoms with E-state index in [4.69, 9.17) is 9.47 Å². The number of hydrogen-bond donors (Lipinski definition) is 1. The Balaban J connectivity index is 2.15. The second-order valence-electron chi connectivity index (χ2n) is 7.79. The zero-order valence-electron chi connectivity index (χ0n) is 13.3. The highest BCUT2D eigenvalue weighted by Crippen LogP contribution is 2.35. The Hall–Kier alpha value is -0.170. The highest BCUT2D eigenvalue weighted by atomic mass is 32.2. The van der Waals surface area contributed by atoms with Crippen LogP contribution in [0.1, 0.15) is 41.5 Å². The molecule has 4 unspecified atom stereocenters. The van der Waals surface area contributed by atoms with Crippen LogP contribution < -0.4 is 5.32 Å². The van der Waals surface area contributed by atoms with E-state index >= 15 is 0 Å². The van der Waals surface area contributed by atoms with Gasteiger partial charge in [0.05, 0.1) is 24.0 Å². The quantitative estimate of drug-likeness (QED) is 0.828. The van der Waals surface area contributed by atoms with Crippen molar-refractivity contribution in [2.24, 2.45) is 0 Å². The Kier molecular flexibility index (Phi) is 4.00. The molecule has 0 aromatic heterocycles. The Bertz CT molecular complexity index is 461. The Morgan fingerprint density at radius 1 is 0.950 bits per heavy atom. The van der Waals surface area contributed by atoms with Crippen molar-refractivity contribution in [3.63, 3.8) is 0 Å². The van der Waals surface area contributed by atoms with Gasteiger partial charge >= 0.3 is 0 Å². The van der Waals surface area contributed by atoms with E-state index in [1.165, 1.54) is 0 Å².